The molecule has 2 heterocycles. The molecule has 0 amide bonds. The molecule has 0 aromatic heterocycles. The Kier molecular flexibility index (Phi) is 17.4. The SMILES string of the molecule is C/C=C/C(=O)[C@H](C)CC(=O)OC(C)(C)C.CC1OC1C(=O)[C@H](C)CC(=O)OC(C)(C)C.CC1OC1C(=O)[C@H](C)CC(=O)OC(C)(C)C. The standard InChI is InChI=1S/2C12H20O4.C12H20O3/c2*1-7(10(14)11-8(2)15-11)6-9(13)16-12(3,4)5;1-6-7-10(13)9(2)8-11(14)15-12(3,4)5/h2*7-8,11H,6H2,1-5H3;6-7,9H,8H2,1-5H3/b;;7-6+/t2*7-,8?,11?;9-/m111/s1. The number of esters is 3. The molecule has 2 aliphatic heterocycles. The number of allylic oxidation sites excluding steroid dienone is 2. The molecule has 0 saturated carbocycles. The van der Waals surface area contributed by atoms with E-state index >= 15 is 0 Å². The summed E-state index contributed by atoms with van der Waals surface area (Å²) >= 11 is 0. The van der Waals surface area contributed by atoms with E-state index in [0.717, 1.165) is 0 Å². The van der Waals surface area contributed by atoms with Gasteiger partial charge in [0.15, 0.2) is 17.3 Å². The van der Waals surface area contributed by atoms with Crippen LogP contribution in [0.4, 0.5) is 0 Å². The zero-order chi connectivity index (χ0) is 37.1. The molecule has 0 radical (unpaired) electrons. The summed E-state index contributed by atoms with van der Waals surface area (Å²) in [4.78, 5) is 69.1. The van der Waals surface area contributed by atoms with Gasteiger partial charge in [0.1, 0.15) is 29.0 Å². The molecule has 2 rings (SSSR count). The normalized spacial score (nSPS) is 22.2. The summed E-state index contributed by atoms with van der Waals surface area (Å²) < 4.78 is 25.6. The Morgan fingerprint density at radius 3 is 1.04 bits per heavy atom. The fourth-order valence-electron chi connectivity index (χ4n) is 4.06. The van der Waals surface area contributed by atoms with Gasteiger partial charge in [-0.2, -0.15) is 0 Å². The van der Waals surface area contributed by atoms with Crippen LogP contribution < -0.4 is 0 Å². The van der Waals surface area contributed by atoms with Gasteiger partial charge in [0, 0.05) is 17.8 Å². The molecule has 2 fully saturated rings. The van der Waals surface area contributed by atoms with Crippen LogP contribution in [0.5, 0.6) is 0 Å². The van der Waals surface area contributed by atoms with Gasteiger partial charge in [-0.1, -0.05) is 26.8 Å². The summed E-state index contributed by atoms with van der Waals surface area (Å²) in [6, 6.07) is 0. The number of hydrogen-bond acceptors (Lipinski definition) is 11. The molecular formula is C36H60O11. The third-order valence-electron chi connectivity index (χ3n) is 6.45. The van der Waals surface area contributed by atoms with Crippen LogP contribution in [0.2, 0.25) is 0 Å². The van der Waals surface area contributed by atoms with E-state index in [9.17, 15) is 28.8 Å². The average Bonchev–Trinajstić information content (AvgIpc) is 3.77. The van der Waals surface area contributed by atoms with Crippen molar-refractivity contribution in [3.05, 3.63) is 12.2 Å². The summed E-state index contributed by atoms with van der Waals surface area (Å²) in [5.74, 6) is -2.00. The first-order valence-electron chi connectivity index (χ1n) is 16.4. The maximum absolute atomic E-state index is 11.7. The highest BCUT2D eigenvalue weighted by atomic mass is 16.6. The van der Waals surface area contributed by atoms with Gasteiger partial charge in [-0.25, -0.2) is 0 Å². The number of epoxide rings is 2. The van der Waals surface area contributed by atoms with Gasteiger partial charge in [0.2, 0.25) is 0 Å². The third kappa shape index (κ3) is 20.8. The van der Waals surface area contributed by atoms with Crippen LogP contribution >= 0.6 is 0 Å². The van der Waals surface area contributed by atoms with Gasteiger partial charge in [-0.15, -0.1) is 0 Å². The second-order valence-corrected chi connectivity index (χ2v) is 15.3. The Morgan fingerprint density at radius 1 is 0.574 bits per heavy atom. The minimum Gasteiger partial charge on any atom is -0.460 e. The highest BCUT2D eigenvalue weighted by Crippen LogP contribution is 2.27. The molecule has 2 saturated heterocycles. The summed E-state index contributed by atoms with van der Waals surface area (Å²) in [6.45, 7) is 27.0. The van der Waals surface area contributed by atoms with Gasteiger partial charge in [0.25, 0.3) is 0 Å². The summed E-state index contributed by atoms with van der Waals surface area (Å²) in [5.41, 5.74) is -1.48. The molecule has 0 N–H and O–H groups in total. The van der Waals surface area contributed by atoms with Crippen molar-refractivity contribution in [1.29, 1.82) is 0 Å². The number of ether oxygens (including phenoxy) is 5. The van der Waals surface area contributed by atoms with Gasteiger partial charge >= 0.3 is 17.9 Å². The van der Waals surface area contributed by atoms with E-state index < -0.39 is 16.8 Å². The van der Waals surface area contributed by atoms with E-state index in [2.05, 4.69) is 0 Å². The molecule has 270 valence electrons. The highest BCUT2D eigenvalue weighted by molar-refractivity contribution is 5.93. The number of rotatable bonds is 12. The minimum atomic E-state index is -0.497. The van der Waals surface area contributed by atoms with Gasteiger partial charge in [-0.05, 0) is 89.2 Å². The molecule has 7 atom stereocenters. The molecule has 0 aliphatic carbocycles. The van der Waals surface area contributed by atoms with Crippen LogP contribution in [0, 0.1) is 17.8 Å². The lowest BCUT2D eigenvalue weighted by Crippen LogP contribution is -2.28. The predicted octanol–water partition coefficient (Wildman–Crippen LogP) is 5.92. The average molecular weight is 669 g/mol. The number of hydrogen-bond donors (Lipinski definition) is 0. The van der Waals surface area contributed by atoms with Crippen LogP contribution in [0.3, 0.4) is 0 Å². The fraction of sp³-hybridized carbons (Fsp3) is 0.778. The number of ketones is 3. The molecule has 0 aromatic carbocycles. The summed E-state index contributed by atoms with van der Waals surface area (Å²) in [5, 5.41) is 0. The Bertz CT molecular complexity index is 1060. The van der Waals surface area contributed by atoms with E-state index in [4.69, 9.17) is 23.7 Å². The van der Waals surface area contributed by atoms with Crippen molar-refractivity contribution in [3.8, 4) is 0 Å². The maximum Gasteiger partial charge on any atom is 0.307 e. The predicted molar refractivity (Wildman–Crippen MR) is 177 cm³/mol. The third-order valence-corrected chi connectivity index (χ3v) is 6.45. The van der Waals surface area contributed by atoms with Crippen molar-refractivity contribution in [2.45, 2.75) is 164 Å². The lowest BCUT2D eigenvalue weighted by Gasteiger charge is -2.20. The first kappa shape index (κ1) is 44.1. The first-order chi connectivity index (χ1) is 21.2. The van der Waals surface area contributed by atoms with E-state index in [-0.39, 0.29) is 96.7 Å². The fourth-order valence-corrected chi connectivity index (χ4v) is 4.06. The quantitative estimate of drug-likeness (QED) is 0.105. The molecule has 11 nitrogen and oxygen atoms in total. The van der Waals surface area contributed by atoms with Gasteiger partial charge in [0.05, 0.1) is 31.5 Å². The Labute approximate surface area is 281 Å². The van der Waals surface area contributed by atoms with Crippen molar-refractivity contribution in [3.63, 3.8) is 0 Å². The molecule has 0 spiro atoms. The van der Waals surface area contributed by atoms with Crippen molar-refractivity contribution in [2.75, 3.05) is 0 Å². The Balaban J connectivity index is 0.000000676. The van der Waals surface area contributed by atoms with Crippen LogP contribution in [0.25, 0.3) is 0 Å². The van der Waals surface area contributed by atoms with E-state index in [1.807, 2.05) is 76.2 Å². The first-order valence-corrected chi connectivity index (χ1v) is 16.4. The monoisotopic (exact) mass is 668 g/mol. The molecule has 4 unspecified atom stereocenters. The molecule has 2 aliphatic rings. The van der Waals surface area contributed by atoms with Crippen LogP contribution in [-0.4, -0.2) is 76.5 Å². The smallest absolute Gasteiger partial charge is 0.307 e. The van der Waals surface area contributed by atoms with Crippen LogP contribution in [-0.2, 0) is 52.5 Å². The molecule has 47 heavy (non-hydrogen) atoms. The molecular weight excluding hydrogens is 608 g/mol. The van der Waals surface area contributed by atoms with E-state index in [1.54, 1.807) is 33.8 Å². The van der Waals surface area contributed by atoms with Crippen LogP contribution in [0.1, 0.15) is 123 Å². The number of Topliss-reactive ketones (excluding diaryl/α,β-unsaturated/α-hetero) is 2. The summed E-state index contributed by atoms with van der Waals surface area (Å²) in [6.07, 6.45) is 2.95. The van der Waals surface area contributed by atoms with E-state index in [0.29, 0.717) is 0 Å². The summed E-state index contributed by atoms with van der Waals surface area (Å²) in [7, 11) is 0. The zero-order valence-electron chi connectivity index (χ0n) is 31.3. The van der Waals surface area contributed by atoms with Crippen molar-refractivity contribution in [1.82, 2.24) is 0 Å². The second-order valence-electron chi connectivity index (χ2n) is 15.3. The molecule has 0 bridgehead atoms. The number of carbonyl (C=O) groups is 6. The number of carbonyl (C=O) groups excluding carboxylic acids is 6. The topological polar surface area (TPSA) is 155 Å². The second kappa shape index (κ2) is 18.6. The van der Waals surface area contributed by atoms with Gasteiger partial charge in [-0.3, -0.25) is 28.8 Å². The lowest BCUT2D eigenvalue weighted by atomic mass is 9.99. The molecule has 11 heteroatoms. The Morgan fingerprint density at radius 2 is 0.830 bits per heavy atom. The largest absolute Gasteiger partial charge is 0.460 e. The maximum atomic E-state index is 11.7. The van der Waals surface area contributed by atoms with Crippen LogP contribution in [0.15, 0.2) is 12.2 Å². The molecule has 0 aromatic rings. The minimum absolute atomic E-state index is 0.00152. The Hall–Kier alpha value is -2.92. The lowest BCUT2D eigenvalue weighted by molar-refractivity contribution is -0.157. The van der Waals surface area contributed by atoms with Gasteiger partial charge < -0.3 is 23.7 Å². The zero-order valence-corrected chi connectivity index (χ0v) is 31.3. The van der Waals surface area contributed by atoms with Crippen molar-refractivity contribution in [2.24, 2.45) is 17.8 Å². The highest BCUT2D eigenvalue weighted by Gasteiger charge is 2.44. The van der Waals surface area contributed by atoms with Crippen molar-refractivity contribution >= 4 is 35.3 Å². The van der Waals surface area contributed by atoms with Crippen molar-refractivity contribution < 1.29 is 52.5 Å². The van der Waals surface area contributed by atoms with E-state index in [1.165, 1.54) is 6.08 Å².